The van der Waals surface area contributed by atoms with Gasteiger partial charge in [-0.25, -0.2) is 9.37 Å². The van der Waals surface area contributed by atoms with Crippen molar-refractivity contribution in [3.63, 3.8) is 0 Å². The van der Waals surface area contributed by atoms with E-state index in [0.717, 1.165) is 0 Å². The van der Waals surface area contributed by atoms with Gasteiger partial charge in [0.2, 0.25) is 11.8 Å². The average Bonchev–Trinajstić information content (AvgIpc) is 3.20. The van der Waals surface area contributed by atoms with Crippen molar-refractivity contribution >= 4 is 17.5 Å². The molecule has 1 atom stereocenters. The number of hydrogen-bond donors (Lipinski definition) is 1. The van der Waals surface area contributed by atoms with Crippen LogP contribution in [-0.4, -0.2) is 34.5 Å². The van der Waals surface area contributed by atoms with E-state index in [2.05, 4.69) is 10.3 Å². The van der Waals surface area contributed by atoms with Gasteiger partial charge in [-0.1, -0.05) is 6.07 Å². The van der Waals surface area contributed by atoms with E-state index in [0.29, 0.717) is 24.3 Å². The van der Waals surface area contributed by atoms with Crippen LogP contribution in [-0.2, 0) is 16.1 Å². The fourth-order valence-corrected chi connectivity index (χ4v) is 2.75. The Morgan fingerprint density at radius 3 is 3.00 bits per heavy atom. The van der Waals surface area contributed by atoms with Gasteiger partial charge in [0.15, 0.2) is 0 Å². The van der Waals surface area contributed by atoms with Crippen LogP contribution in [0.3, 0.4) is 0 Å². The highest BCUT2D eigenvalue weighted by Gasteiger charge is 2.35. The molecule has 3 rings (SSSR count). The molecule has 1 aromatic carbocycles. The van der Waals surface area contributed by atoms with Gasteiger partial charge in [0, 0.05) is 44.1 Å². The van der Waals surface area contributed by atoms with Gasteiger partial charge in [0.1, 0.15) is 5.82 Å². The fourth-order valence-electron chi connectivity index (χ4n) is 2.75. The van der Waals surface area contributed by atoms with Crippen molar-refractivity contribution in [1.82, 2.24) is 14.9 Å². The zero-order valence-corrected chi connectivity index (χ0v) is 13.4. The van der Waals surface area contributed by atoms with Crippen LogP contribution in [0.25, 0.3) is 0 Å². The molecule has 1 aromatic heterocycles. The Balaban J connectivity index is 1.57. The van der Waals surface area contributed by atoms with Crippen molar-refractivity contribution in [1.29, 1.82) is 0 Å². The molecule has 24 heavy (non-hydrogen) atoms. The van der Waals surface area contributed by atoms with Gasteiger partial charge in [-0.2, -0.15) is 0 Å². The molecule has 1 fully saturated rings. The molecule has 6 nitrogen and oxygen atoms in total. The number of imidazole rings is 1. The number of rotatable bonds is 5. The van der Waals surface area contributed by atoms with E-state index in [1.807, 2.05) is 10.8 Å². The van der Waals surface area contributed by atoms with Gasteiger partial charge in [-0.05, 0) is 24.6 Å². The van der Waals surface area contributed by atoms with Gasteiger partial charge in [0.05, 0.1) is 12.2 Å². The number of aromatic nitrogens is 2. The van der Waals surface area contributed by atoms with Crippen molar-refractivity contribution in [2.75, 3.05) is 18.0 Å². The molecule has 0 radical (unpaired) electrons. The minimum Gasteiger partial charge on any atom is -0.354 e. The van der Waals surface area contributed by atoms with Crippen molar-refractivity contribution in [2.45, 2.75) is 19.9 Å². The quantitative estimate of drug-likeness (QED) is 0.903. The highest BCUT2D eigenvalue weighted by atomic mass is 19.1. The lowest BCUT2D eigenvalue weighted by Crippen LogP contribution is -2.34. The largest absolute Gasteiger partial charge is 0.354 e. The summed E-state index contributed by atoms with van der Waals surface area (Å²) in [5.41, 5.74) is 1.02. The summed E-state index contributed by atoms with van der Waals surface area (Å²) >= 11 is 0. The Bertz CT molecular complexity index is 745. The van der Waals surface area contributed by atoms with Gasteiger partial charge in [-0.15, -0.1) is 0 Å². The first-order valence-corrected chi connectivity index (χ1v) is 7.84. The van der Waals surface area contributed by atoms with Crippen molar-refractivity contribution in [3.8, 4) is 0 Å². The average molecular weight is 330 g/mol. The monoisotopic (exact) mass is 330 g/mol. The molecule has 2 heterocycles. The lowest BCUT2D eigenvalue weighted by Gasteiger charge is -2.17. The van der Waals surface area contributed by atoms with Crippen LogP contribution in [0, 0.1) is 18.7 Å². The van der Waals surface area contributed by atoms with E-state index in [4.69, 9.17) is 0 Å². The number of nitrogens with one attached hydrogen (secondary N) is 1. The Labute approximate surface area is 139 Å². The Kier molecular flexibility index (Phi) is 4.59. The number of carbonyl (C=O) groups is 2. The summed E-state index contributed by atoms with van der Waals surface area (Å²) in [5.74, 6) is -1.08. The van der Waals surface area contributed by atoms with Crippen LogP contribution in [0.1, 0.15) is 12.0 Å². The second kappa shape index (κ2) is 6.82. The number of carbonyl (C=O) groups excluding carboxylic acids is 2. The molecule has 0 spiro atoms. The number of nitrogens with zero attached hydrogens (tertiary/aromatic N) is 3. The highest BCUT2D eigenvalue weighted by Crippen LogP contribution is 2.26. The van der Waals surface area contributed by atoms with Crippen LogP contribution in [0.4, 0.5) is 10.1 Å². The first kappa shape index (κ1) is 16.2. The van der Waals surface area contributed by atoms with E-state index < -0.39 is 5.92 Å². The Morgan fingerprint density at radius 2 is 2.29 bits per heavy atom. The molecule has 126 valence electrons. The molecule has 0 saturated carbocycles. The van der Waals surface area contributed by atoms with Gasteiger partial charge >= 0.3 is 0 Å². The molecule has 1 aliphatic heterocycles. The SMILES string of the molecule is Cc1ccc(N2C[C@H](C(=O)NCCn3ccnc3)CC2=O)cc1F. The van der Waals surface area contributed by atoms with E-state index in [-0.39, 0.29) is 30.6 Å². The minimum absolute atomic E-state index is 0.145. The minimum atomic E-state index is -0.412. The molecule has 7 heteroatoms. The Morgan fingerprint density at radius 1 is 1.46 bits per heavy atom. The number of amides is 2. The summed E-state index contributed by atoms with van der Waals surface area (Å²) in [5, 5.41) is 2.84. The predicted molar refractivity (Wildman–Crippen MR) is 86.8 cm³/mol. The number of hydrogen-bond acceptors (Lipinski definition) is 3. The smallest absolute Gasteiger partial charge is 0.227 e. The maximum atomic E-state index is 13.7. The highest BCUT2D eigenvalue weighted by molar-refractivity contribution is 6.00. The molecule has 0 bridgehead atoms. The van der Waals surface area contributed by atoms with Crippen molar-refractivity contribution in [2.24, 2.45) is 5.92 Å². The number of halogens is 1. The third kappa shape index (κ3) is 3.45. The second-order valence-electron chi connectivity index (χ2n) is 5.93. The summed E-state index contributed by atoms with van der Waals surface area (Å²) in [4.78, 5) is 29.8. The molecule has 0 aliphatic carbocycles. The molecule has 1 saturated heterocycles. The molecule has 0 unspecified atom stereocenters. The fraction of sp³-hybridized carbons (Fsp3) is 0.353. The first-order valence-electron chi connectivity index (χ1n) is 7.84. The van der Waals surface area contributed by atoms with Crippen LogP contribution >= 0.6 is 0 Å². The van der Waals surface area contributed by atoms with Crippen LogP contribution in [0.2, 0.25) is 0 Å². The second-order valence-corrected chi connectivity index (χ2v) is 5.93. The van der Waals surface area contributed by atoms with Gasteiger partial charge in [0.25, 0.3) is 0 Å². The van der Waals surface area contributed by atoms with E-state index >= 15 is 0 Å². The summed E-state index contributed by atoms with van der Waals surface area (Å²) in [6.45, 7) is 3.04. The Hall–Kier alpha value is -2.70. The topological polar surface area (TPSA) is 67.2 Å². The van der Waals surface area contributed by atoms with Crippen LogP contribution in [0.5, 0.6) is 0 Å². The molecular weight excluding hydrogens is 311 g/mol. The van der Waals surface area contributed by atoms with E-state index in [1.165, 1.54) is 11.0 Å². The predicted octanol–water partition coefficient (Wildman–Crippen LogP) is 1.50. The van der Waals surface area contributed by atoms with E-state index in [9.17, 15) is 14.0 Å². The number of benzene rings is 1. The van der Waals surface area contributed by atoms with Crippen molar-refractivity contribution in [3.05, 3.63) is 48.3 Å². The van der Waals surface area contributed by atoms with Crippen LogP contribution < -0.4 is 10.2 Å². The van der Waals surface area contributed by atoms with Crippen LogP contribution in [0.15, 0.2) is 36.9 Å². The summed E-state index contributed by atoms with van der Waals surface area (Å²) in [7, 11) is 0. The third-order valence-electron chi connectivity index (χ3n) is 4.19. The molecular formula is C17H19FN4O2. The number of anilines is 1. The number of aryl methyl sites for hydroxylation is 1. The standard InChI is InChI=1S/C17H19FN4O2/c1-12-2-3-14(9-15(12)18)22-10-13(8-16(22)23)17(24)20-5-7-21-6-4-19-11-21/h2-4,6,9,11,13H,5,7-8,10H2,1H3,(H,20,24)/t13-/m1/s1. The van der Waals surface area contributed by atoms with Gasteiger partial charge in [-0.3, -0.25) is 9.59 Å². The normalized spacial score (nSPS) is 17.3. The maximum Gasteiger partial charge on any atom is 0.227 e. The lowest BCUT2D eigenvalue weighted by atomic mass is 10.1. The molecule has 1 aliphatic rings. The lowest BCUT2D eigenvalue weighted by molar-refractivity contribution is -0.126. The summed E-state index contributed by atoms with van der Waals surface area (Å²) in [6.07, 6.45) is 5.32. The molecule has 1 N–H and O–H groups in total. The van der Waals surface area contributed by atoms with Crippen molar-refractivity contribution < 1.29 is 14.0 Å². The summed E-state index contributed by atoms with van der Waals surface area (Å²) in [6, 6.07) is 4.68. The third-order valence-corrected chi connectivity index (χ3v) is 4.19. The van der Waals surface area contributed by atoms with E-state index in [1.54, 1.807) is 31.6 Å². The maximum absolute atomic E-state index is 13.7. The zero-order valence-electron chi connectivity index (χ0n) is 13.4. The van der Waals surface area contributed by atoms with Gasteiger partial charge < -0.3 is 14.8 Å². The zero-order chi connectivity index (χ0) is 17.1. The first-order chi connectivity index (χ1) is 11.5. The molecule has 2 aromatic rings. The molecule has 2 amide bonds. The summed E-state index contributed by atoms with van der Waals surface area (Å²) < 4.78 is 15.6.